The third-order valence-electron chi connectivity index (χ3n) is 1.86. The van der Waals surface area contributed by atoms with Crippen LogP contribution in [0.25, 0.3) is 0 Å². The lowest BCUT2D eigenvalue weighted by Crippen LogP contribution is -1.87. The zero-order valence-corrected chi connectivity index (χ0v) is 10.8. The Kier molecular flexibility index (Phi) is 6.06. The van der Waals surface area contributed by atoms with Crippen LogP contribution in [-0.4, -0.2) is 0 Å². The minimum Gasteiger partial charge on any atom is -0.0683 e. The average Bonchev–Trinajstić information content (AvgIpc) is 2.13. The minimum absolute atomic E-state index is 0.617. The largest absolute Gasteiger partial charge is 0.0683 e. The lowest BCUT2D eigenvalue weighted by molar-refractivity contribution is 0.865. The highest BCUT2D eigenvalue weighted by Crippen LogP contribution is 2.22. The van der Waals surface area contributed by atoms with E-state index in [1.807, 2.05) is 13.8 Å². The molecule has 0 N–H and O–H groups in total. The Balaban J connectivity index is 0.000000671. The normalized spacial score (nSPS) is 9.46. The molecular formula is C12H19Br. The summed E-state index contributed by atoms with van der Waals surface area (Å²) in [5.74, 6) is 0.617. The second kappa shape index (κ2) is 6.20. The topological polar surface area (TPSA) is 0 Å². The predicted octanol–water partition coefficient (Wildman–Crippen LogP) is 4.91. The molecule has 0 amide bonds. The highest BCUT2D eigenvalue weighted by Gasteiger charge is 2.00. The molecule has 0 aromatic heterocycles. The molecule has 0 saturated heterocycles. The van der Waals surface area contributed by atoms with Crippen molar-refractivity contribution in [1.82, 2.24) is 0 Å². The molecule has 0 bridgehead atoms. The van der Waals surface area contributed by atoms with Gasteiger partial charge in [0.15, 0.2) is 0 Å². The molecule has 74 valence electrons. The highest BCUT2D eigenvalue weighted by atomic mass is 79.9. The van der Waals surface area contributed by atoms with Gasteiger partial charge in [-0.15, -0.1) is 0 Å². The molecule has 1 heteroatoms. The van der Waals surface area contributed by atoms with Crippen LogP contribution < -0.4 is 0 Å². The van der Waals surface area contributed by atoms with Gasteiger partial charge in [-0.1, -0.05) is 55.8 Å². The Morgan fingerprint density at radius 1 is 1.15 bits per heavy atom. The standard InChI is InChI=1S/C10H13Br.C2H6/c1-7(2)9-5-4-8(3)10(11)6-9;1-2/h4-7H,1-3H3;1-2H3. The van der Waals surface area contributed by atoms with Gasteiger partial charge in [0, 0.05) is 4.47 Å². The predicted molar refractivity (Wildman–Crippen MR) is 64.3 cm³/mol. The molecular weight excluding hydrogens is 224 g/mol. The molecule has 0 unspecified atom stereocenters. The van der Waals surface area contributed by atoms with Gasteiger partial charge in [0.25, 0.3) is 0 Å². The molecule has 13 heavy (non-hydrogen) atoms. The molecule has 0 aliphatic carbocycles. The Bertz CT molecular complexity index is 251. The van der Waals surface area contributed by atoms with Gasteiger partial charge in [0.2, 0.25) is 0 Å². The maximum atomic E-state index is 3.51. The van der Waals surface area contributed by atoms with E-state index in [0.717, 1.165) is 0 Å². The van der Waals surface area contributed by atoms with Crippen molar-refractivity contribution < 1.29 is 0 Å². The number of halogens is 1. The quantitative estimate of drug-likeness (QED) is 0.657. The Hall–Kier alpha value is -0.300. The fourth-order valence-corrected chi connectivity index (χ4v) is 1.36. The van der Waals surface area contributed by atoms with Gasteiger partial charge in [-0.05, 0) is 30.0 Å². The highest BCUT2D eigenvalue weighted by molar-refractivity contribution is 9.10. The molecule has 0 spiro atoms. The van der Waals surface area contributed by atoms with Crippen molar-refractivity contribution >= 4 is 15.9 Å². The lowest BCUT2D eigenvalue weighted by atomic mass is 10.0. The second-order valence-corrected chi connectivity index (χ2v) is 4.02. The third kappa shape index (κ3) is 3.95. The van der Waals surface area contributed by atoms with Gasteiger partial charge < -0.3 is 0 Å². The molecule has 1 rings (SSSR count). The molecule has 0 atom stereocenters. The fourth-order valence-electron chi connectivity index (χ4n) is 0.968. The van der Waals surface area contributed by atoms with Gasteiger partial charge in [0.05, 0.1) is 0 Å². The van der Waals surface area contributed by atoms with Crippen LogP contribution in [0.2, 0.25) is 0 Å². The van der Waals surface area contributed by atoms with Crippen LogP contribution in [0.4, 0.5) is 0 Å². The van der Waals surface area contributed by atoms with E-state index < -0.39 is 0 Å². The zero-order chi connectivity index (χ0) is 10.4. The summed E-state index contributed by atoms with van der Waals surface area (Å²) in [6.45, 7) is 10.5. The maximum Gasteiger partial charge on any atom is 0.0207 e. The zero-order valence-electron chi connectivity index (χ0n) is 9.19. The van der Waals surface area contributed by atoms with Crippen molar-refractivity contribution in [3.63, 3.8) is 0 Å². The van der Waals surface area contributed by atoms with Gasteiger partial charge in [-0.2, -0.15) is 0 Å². The molecule has 0 aliphatic heterocycles. The van der Waals surface area contributed by atoms with Crippen molar-refractivity contribution in [2.24, 2.45) is 0 Å². The van der Waals surface area contributed by atoms with Gasteiger partial charge in [0.1, 0.15) is 0 Å². The molecule has 1 aromatic carbocycles. The summed E-state index contributed by atoms with van der Waals surface area (Å²) in [6, 6.07) is 6.53. The summed E-state index contributed by atoms with van der Waals surface area (Å²) in [4.78, 5) is 0. The summed E-state index contributed by atoms with van der Waals surface area (Å²) in [7, 11) is 0. The first kappa shape index (κ1) is 12.7. The molecule has 0 heterocycles. The summed E-state index contributed by atoms with van der Waals surface area (Å²) < 4.78 is 1.21. The Morgan fingerprint density at radius 2 is 1.69 bits per heavy atom. The van der Waals surface area contributed by atoms with Gasteiger partial charge >= 0.3 is 0 Å². The molecule has 0 nitrogen and oxygen atoms in total. The monoisotopic (exact) mass is 242 g/mol. The lowest BCUT2D eigenvalue weighted by Gasteiger charge is -2.06. The van der Waals surface area contributed by atoms with Crippen molar-refractivity contribution in [1.29, 1.82) is 0 Å². The van der Waals surface area contributed by atoms with E-state index in [-0.39, 0.29) is 0 Å². The van der Waals surface area contributed by atoms with Crippen LogP contribution in [-0.2, 0) is 0 Å². The first-order valence-electron chi connectivity index (χ1n) is 4.87. The van der Waals surface area contributed by atoms with Crippen LogP contribution in [0.5, 0.6) is 0 Å². The molecule has 0 saturated carbocycles. The summed E-state index contributed by atoms with van der Waals surface area (Å²) in [6.07, 6.45) is 0. The van der Waals surface area contributed by atoms with Crippen LogP contribution in [0.15, 0.2) is 22.7 Å². The molecule has 0 radical (unpaired) electrons. The smallest absolute Gasteiger partial charge is 0.0207 e. The van der Waals surface area contributed by atoms with Gasteiger partial charge in [-0.25, -0.2) is 0 Å². The number of rotatable bonds is 1. The van der Waals surface area contributed by atoms with E-state index in [1.54, 1.807) is 0 Å². The number of aryl methyl sites for hydroxylation is 1. The fraction of sp³-hybridized carbons (Fsp3) is 0.500. The molecule has 1 aromatic rings. The first-order valence-corrected chi connectivity index (χ1v) is 5.66. The van der Waals surface area contributed by atoms with Crippen molar-refractivity contribution in [2.75, 3.05) is 0 Å². The van der Waals surface area contributed by atoms with Gasteiger partial charge in [-0.3, -0.25) is 0 Å². The molecule has 0 aliphatic rings. The minimum atomic E-state index is 0.617. The Morgan fingerprint density at radius 3 is 2.08 bits per heavy atom. The average molecular weight is 243 g/mol. The van der Waals surface area contributed by atoms with E-state index in [1.165, 1.54) is 15.6 Å². The van der Waals surface area contributed by atoms with Crippen LogP contribution in [0.1, 0.15) is 44.7 Å². The van der Waals surface area contributed by atoms with E-state index >= 15 is 0 Å². The van der Waals surface area contributed by atoms with E-state index in [4.69, 9.17) is 0 Å². The van der Waals surface area contributed by atoms with Crippen LogP contribution in [0, 0.1) is 6.92 Å². The Labute approximate surface area is 90.5 Å². The number of hydrogen-bond donors (Lipinski definition) is 0. The number of benzene rings is 1. The second-order valence-electron chi connectivity index (χ2n) is 3.16. The van der Waals surface area contributed by atoms with E-state index in [9.17, 15) is 0 Å². The van der Waals surface area contributed by atoms with Crippen LogP contribution >= 0.6 is 15.9 Å². The summed E-state index contributed by atoms with van der Waals surface area (Å²) >= 11 is 3.51. The number of hydrogen-bond acceptors (Lipinski definition) is 0. The van der Waals surface area contributed by atoms with Crippen molar-refractivity contribution in [2.45, 2.75) is 40.5 Å². The SMILES string of the molecule is CC.Cc1ccc(C(C)C)cc1Br. The van der Waals surface area contributed by atoms with E-state index in [0.29, 0.717) is 5.92 Å². The summed E-state index contributed by atoms with van der Waals surface area (Å²) in [5, 5.41) is 0. The van der Waals surface area contributed by atoms with Crippen molar-refractivity contribution in [3.8, 4) is 0 Å². The van der Waals surface area contributed by atoms with E-state index in [2.05, 4.69) is 54.9 Å². The third-order valence-corrected chi connectivity index (χ3v) is 2.72. The van der Waals surface area contributed by atoms with Crippen molar-refractivity contribution in [3.05, 3.63) is 33.8 Å². The summed E-state index contributed by atoms with van der Waals surface area (Å²) in [5.41, 5.74) is 2.69. The first-order chi connectivity index (χ1) is 6.11. The van der Waals surface area contributed by atoms with Crippen LogP contribution in [0.3, 0.4) is 0 Å². The maximum absolute atomic E-state index is 3.51. The molecule has 0 fully saturated rings.